The molecule has 0 atom stereocenters. The molecule has 1 heterocycles. The number of rotatable bonds is 3. The van der Waals surface area contributed by atoms with Crippen LogP contribution in [-0.4, -0.2) is 18.4 Å². The van der Waals surface area contributed by atoms with Gasteiger partial charge in [0.25, 0.3) is 5.91 Å². The third-order valence-electron chi connectivity index (χ3n) is 6.40. The summed E-state index contributed by atoms with van der Waals surface area (Å²) in [6.45, 7) is 9.86. The average molecular weight is 377 g/mol. The fourth-order valence-electron chi connectivity index (χ4n) is 4.25. The lowest BCUT2D eigenvalue weighted by molar-refractivity contribution is -0.122. The molecular formula is C24H28N2O2. The molecule has 1 aliphatic heterocycles. The Bertz CT molecular complexity index is 942. The Morgan fingerprint density at radius 3 is 2.14 bits per heavy atom. The number of anilines is 2. The van der Waals surface area contributed by atoms with E-state index in [-0.39, 0.29) is 22.6 Å². The number of hydrogen-bond acceptors (Lipinski definition) is 2. The van der Waals surface area contributed by atoms with E-state index in [1.54, 1.807) is 4.90 Å². The molecule has 1 saturated heterocycles. The molecule has 1 fully saturated rings. The summed E-state index contributed by atoms with van der Waals surface area (Å²) in [6, 6.07) is 13.6. The van der Waals surface area contributed by atoms with E-state index in [0.717, 1.165) is 30.8 Å². The van der Waals surface area contributed by atoms with Crippen LogP contribution in [0.3, 0.4) is 0 Å². The molecule has 0 unspecified atom stereocenters. The van der Waals surface area contributed by atoms with Gasteiger partial charge < -0.3 is 10.2 Å². The molecule has 2 aromatic carbocycles. The van der Waals surface area contributed by atoms with E-state index in [9.17, 15) is 9.59 Å². The third kappa shape index (κ3) is 3.21. The van der Waals surface area contributed by atoms with Crippen molar-refractivity contribution in [1.29, 1.82) is 0 Å². The SMILES string of the molecule is CC1(C)CCC(C)(C)c2cc(C(=O)Nc3ccc(N4CCC4=O)cc3)ccc21. The van der Waals surface area contributed by atoms with Crippen molar-refractivity contribution < 1.29 is 9.59 Å². The second-order valence-corrected chi connectivity index (χ2v) is 9.32. The fraction of sp³-hybridized carbons (Fsp3) is 0.417. The molecule has 0 aromatic heterocycles. The molecule has 2 amide bonds. The van der Waals surface area contributed by atoms with Crippen LogP contribution in [-0.2, 0) is 15.6 Å². The highest BCUT2D eigenvalue weighted by Crippen LogP contribution is 2.45. The Hall–Kier alpha value is -2.62. The van der Waals surface area contributed by atoms with E-state index in [0.29, 0.717) is 12.0 Å². The summed E-state index contributed by atoms with van der Waals surface area (Å²) in [5.41, 5.74) is 5.15. The van der Waals surface area contributed by atoms with Gasteiger partial charge >= 0.3 is 0 Å². The monoisotopic (exact) mass is 376 g/mol. The van der Waals surface area contributed by atoms with Crippen molar-refractivity contribution >= 4 is 23.2 Å². The molecule has 4 nitrogen and oxygen atoms in total. The number of carbonyl (C=O) groups is 2. The van der Waals surface area contributed by atoms with Gasteiger partial charge in [-0.3, -0.25) is 9.59 Å². The first-order valence-electron chi connectivity index (χ1n) is 10.0. The molecule has 2 aromatic rings. The van der Waals surface area contributed by atoms with Crippen LogP contribution >= 0.6 is 0 Å². The average Bonchev–Trinajstić information content (AvgIpc) is 2.65. The van der Waals surface area contributed by atoms with Crippen LogP contribution in [0.1, 0.15) is 68.4 Å². The summed E-state index contributed by atoms with van der Waals surface area (Å²) in [5.74, 6) is 0.0474. The normalized spacial score (nSPS) is 19.6. The van der Waals surface area contributed by atoms with E-state index in [1.165, 1.54) is 11.1 Å². The van der Waals surface area contributed by atoms with Gasteiger partial charge in [0.15, 0.2) is 0 Å². The minimum Gasteiger partial charge on any atom is -0.322 e. The van der Waals surface area contributed by atoms with Crippen molar-refractivity contribution in [1.82, 2.24) is 0 Å². The number of amides is 2. The zero-order chi connectivity index (χ0) is 20.1. The Labute approximate surface area is 166 Å². The molecule has 4 rings (SSSR count). The van der Waals surface area contributed by atoms with Gasteiger partial charge in [0, 0.05) is 29.9 Å². The molecule has 146 valence electrons. The molecule has 28 heavy (non-hydrogen) atoms. The number of hydrogen-bond donors (Lipinski definition) is 1. The molecule has 1 N–H and O–H groups in total. The number of carbonyl (C=O) groups excluding carboxylic acids is 2. The lowest BCUT2D eigenvalue weighted by Gasteiger charge is -2.42. The Kier molecular flexibility index (Phi) is 4.33. The molecular weight excluding hydrogens is 348 g/mol. The maximum Gasteiger partial charge on any atom is 0.255 e. The summed E-state index contributed by atoms with van der Waals surface area (Å²) >= 11 is 0. The van der Waals surface area contributed by atoms with E-state index in [1.807, 2.05) is 30.3 Å². The lowest BCUT2D eigenvalue weighted by atomic mass is 9.63. The zero-order valence-corrected chi connectivity index (χ0v) is 17.1. The molecule has 1 aliphatic carbocycles. The van der Waals surface area contributed by atoms with E-state index in [4.69, 9.17) is 0 Å². The maximum absolute atomic E-state index is 12.8. The first-order chi connectivity index (χ1) is 13.2. The van der Waals surface area contributed by atoms with E-state index < -0.39 is 0 Å². The number of benzene rings is 2. The predicted molar refractivity (Wildman–Crippen MR) is 113 cm³/mol. The van der Waals surface area contributed by atoms with Gasteiger partial charge in [-0.15, -0.1) is 0 Å². The number of nitrogens with zero attached hydrogens (tertiary/aromatic N) is 1. The van der Waals surface area contributed by atoms with Gasteiger partial charge in [0.05, 0.1) is 0 Å². The molecule has 4 heteroatoms. The van der Waals surface area contributed by atoms with Crippen LogP contribution < -0.4 is 10.2 Å². The highest BCUT2D eigenvalue weighted by Gasteiger charge is 2.37. The van der Waals surface area contributed by atoms with Crippen LogP contribution in [0.2, 0.25) is 0 Å². The van der Waals surface area contributed by atoms with Gasteiger partial charge in [0.1, 0.15) is 0 Å². The van der Waals surface area contributed by atoms with Crippen molar-refractivity contribution in [3.05, 3.63) is 59.2 Å². The number of fused-ring (bicyclic) bond motifs is 1. The summed E-state index contributed by atoms with van der Waals surface area (Å²) in [7, 11) is 0. The third-order valence-corrected chi connectivity index (χ3v) is 6.40. The standard InChI is InChI=1S/C24H28N2O2/c1-23(2)12-13-24(3,4)20-15-16(5-10-19(20)23)22(28)25-17-6-8-18(9-7-17)26-14-11-21(26)27/h5-10,15H,11-14H2,1-4H3,(H,25,28). The van der Waals surface area contributed by atoms with Crippen molar-refractivity contribution in [2.24, 2.45) is 0 Å². The van der Waals surface area contributed by atoms with Crippen LogP contribution in [0, 0.1) is 0 Å². The molecule has 0 spiro atoms. The summed E-state index contributed by atoms with van der Waals surface area (Å²) < 4.78 is 0. The van der Waals surface area contributed by atoms with Crippen molar-refractivity contribution in [3.63, 3.8) is 0 Å². The number of β-lactam (4-membered cyclic amide) rings is 1. The Balaban J connectivity index is 1.55. The maximum atomic E-state index is 12.8. The summed E-state index contributed by atoms with van der Waals surface area (Å²) in [6.07, 6.45) is 2.89. The Morgan fingerprint density at radius 2 is 1.57 bits per heavy atom. The van der Waals surface area contributed by atoms with Gasteiger partial charge in [-0.1, -0.05) is 33.8 Å². The van der Waals surface area contributed by atoms with Crippen molar-refractivity contribution in [2.45, 2.75) is 57.8 Å². The topological polar surface area (TPSA) is 49.4 Å². The van der Waals surface area contributed by atoms with Crippen LogP contribution in [0.25, 0.3) is 0 Å². The molecule has 0 bridgehead atoms. The summed E-state index contributed by atoms with van der Waals surface area (Å²) in [5, 5.41) is 2.98. The van der Waals surface area contributed by atoms with Gasteiger partial charge in [-0.25, -0.2) is 0 Å². The number of nitrogens with one attached hydrogen (secondary N) is 1. The van der Waals surface area contributed by atoms with E-state index >= 15 is 0 Å². The van der Waals surface area contributed by atoms with Crippen molar-refractivity contribution in [3.8, 4) is 0 Å². The van der Waals surface area contributed by atoms with E-state index in [2.05, 4.69) is 45.1 Å². The first-order valence-corrected chi connectivity index (χ1v) is 10.0. The minimum absolute atomic E-state index is 0.0759. The molecule has 0 radical (unpaired) electrons. The fourth-order valence-corrected chi connectivity index (χ4v) is 4.25. The first kappa shape index (κ1) is 18.7. The highest BCUT2D eigenvalue weighted by atomic mass is 16.2. The lowest BCUT2D eigenvalue weighted by Crippen LogP contribution is -2.43. The van der Waals surface area contributed by atoms with Gasteiger partial charge in [0.2, 0.25) is 5.91 Å². The van der Waals surface area contributed by atoms with Crippen LogP contribution in [0.15, 0.2) is 42.5 Å². The smallest absolute Gasteiger partial charge is 0.255 e. The largest absolute Gasteiger partial charge is 0.322 e. The highest BCUT2D eigenvalue weighted by molar-refractivity contribution is 6.05. The van der Waals surface area contributed by atoms with Crippen molar-refractivity contribution in [2.75, 3.05) is 16.8 Å². The zero-order valence-electron chi connectivity index (χ0n) is 17.1. The minimum atomic E-state index is -0.102. The molecule has 2 aliphatic rings. The quantitative estimate of drug-likeness (QED) is 0.764. The second kappa shape index (κ2) is 6.47. The van der Waals surface area contributed by atoms with Crippen LogP contribution in [0.5, 0.6) is 0 Å². The predicted octanol–water partition coefficient (Wildman–Crippen LogP) is 5.02. The molecule has 0 saturated carbocycles. The van der Waals surface area contributed by atoms with Gasteiger partial charge in [-0.05, 0) is 71.2 Å². The van der Waals surface area contributed by atoms with Gasteiger partial charge in [-0.2, -0.15) is 0 Å². The summed E-state index contributed by atoms with van der Waals surface area (Å²) in [4.78, 5) is 26.1. The van der Waals surface area contributed by atoms with Crippen LogP contribution in [0.4, 0.5) is 11.4 Å². The Morgan fingerprint density at radius 1 is 0.929 bits per heavy atom. The second-order valence-electron chi connectivity index (χ2n) is 9.32.